The Kier molecular flexibility index (Phi) is 6.39. The zero-order valence-electron chi connectivity index (χ0n) is 9.13. The van der Waals surface area contributed by atoms with Crippen molar-refractivity contribution in [3.63, 3.8) is 0 Å². The quantitative estimate of drug-likeness (QED) is 0.610. The third kappa shape index (κ3) is 4.07. The Balaban J connectivity index is 3.90. The van der Waals surface area contributed by atoms with Gasteiger partial charge in [0.05, 0.1) is 6.10 Å². The van der Waals surface area contributed by atoms with Crippen LogP contribution in [0.2, 0.25) is 0 Å². The zero-order chi connectivity index (χ0) is 9.56. The van der Waals surface area contributed by atoms with E-state index in [1.54, 1.807) is 0 Å². The maximum Gasteiger partial charge on any atom is 0.0701 e. The van der Waals surface area contributed by atoms with Crippen LogP contribution < -0.4 is 0 Å². The molecule has 12 heavy (non-hydrogen) atoms. The molecule has 0 radical (unpaired) electrons. The predicted octanol–water partition coefficient (Wildman–Crippen LogP) is 2.14. The molecule has 0 aliphatic rings. The highest BCUT2D eigenvalue weighted by molar-refractivity contribution is 4.72. The van der Waals surface area contributed by atoms with E-state index in [-0.39, 0.29) is 0 Å². The molecule has 0 amide bonds. The molecular formula is C10H23NO. The summed E-state index contributed by atoms with van der Waals surface area (Å²) in [6, 6.07) is 0.565. The molecule has 2 atom stereocenters. The normalized spacial score (nSPS) is 16.5. The average Bonchev–Trinajstić information content (AvgIpc) is 1.99. The molecular weight excluding hydrogens is 150 g/mol. The Morgan fingerprint density at radius 2 is 1.83 bits per heavy atom. The molecule has 0 heterocycles. The number of ether oxygens (including phenoxy) is 1. The first-order chi connectivity index (χ1) is 5.63. The molecule has 0 fully saturated rings. The highest BCUT2D eigenvalue weighted by Gasteiger charge is 2.18. The van der Waals surface area contributed by atoms with Crippen molar-refractivity contribution in [2.75, 3.05) is 20.7 Å². The van der Waals surface area contributed by atoms with Crippen molar-refractivity contribution in [1.29, 1.82) is 0 Å². The topological polar surface area (TPSA) is 12.5 Å². The van der Waals surface area contributed by atoms with Gasteiger partial charge in [0.2, 0.25) is 0 Å². The summed E-state index contributed by atoms with van der Waals surface area (Å²) in [4.78, 5) is 2.25. The SMILES string of the molecule is CCCC(C(C)OCC)N(C)C. The van der Waals surface area contributed by atoms with E-state index in [1.165, 1.54) is 12.8 Å². The standard InChI is InChI=1S/C10H23NO/c1-6-8-10(11(4)5)9(3)12-7-2/h9-10H,6-8H2,1-5H3. The lowest BCUT2D eigenvalue weighted by Crippen LogP contribution is -2.38. The molecule has 0 N–H and O–H groups in total. The van der Waals surface area contributed by atoms with Crippen LogP contribution in [0.1, 0.15) is 33.6 Å². The first-order valence-corrected chi connectivity index (χ1v) is 4.91. The summed E-state index contributed by atoms with van der Waals surface area (Å²) in [6.07, 6.45) is 2.79. The number of likely N-dealkylation sites (N-methyl/N-ethyl adjacent to an activating group) is 1. The summed E-state index contributed by atoms with van der Waals surface area (Å²) in [5.74, 6) is 0. The first-order valence-electron chi connectivity index (χ1n) is 4.91. The van der Waals surface area contributed by atoms with E-state index in [1.807, 2.05) is 0 Å². The summed E-state index contributed by atoms with van der Waals surface area (Å²) < 4.78 is 5.58. The van der Waals surface area contributed by atoms with Gasteiger partial charge in [0.25, 0.3) is 0 Å². The number of hydrogen-bond donors (Lipinski definition) is 0. The predicted molar refractivity (Wildman–Crippen MR) is 53.5 cm³/mol. The fourth-order valence-corrected chi connectivity index (χ4v) is 1.58. The van der Waals surface area contributed by atoms with Crippen molar-refractivity contribution >= 4 is 0 Å². The van der Waals surface area contributed by atoms with Gasteiger partial charge in [-0.05, 0) is 34.4 Å². The van der Waals surface area contributed by atoms with E-state index < -0.39 is 0 Å². The van der Waals surface area contributed by atoms with Crippen LogP contribution >= 0.6 is 0 Å². The van der Waals surface area contributed by atoms with Crippen LogP contribution in [0.25, 0.3) is 0 Å². The molecule has 0 aromatic heterocycles. The second-order valence-electron chi connectivity index (χ2n) is 3.48. The van der Waals surface area contributed by atoms with Gasteiger partial charge < -0.3 is 9.64 Å². The third-order valence-corrected chi connectivity index (χ3v) is 2.22. The second-order valence-corrected chi connectivity index (χ2v) is 3.48. The van der Waals surface area contributed by atoms with E-state index in [0.717, 1.165) is 6.61 Å². The number of nitrogens with zero attached hydrogens (tertiary/aromatic N) is 1. The molecule has 0 saturated carbocycles. The molecule has 0 aliphatic carbocycles. The molecule has 2 unspecified atom stereocenters. The average molecular weight is 173 g/mol. The summed E-state index contributed by atoms with van der Waals surface area (Å²) in [7, 11) is 4.24. The first kappa shape index (κ1) is 11.9. The van der Waals surface area contributed by atoms with Crippen LogP contribution in [0, 0.1) is 0 Å². The van der Waals surface area contributed by atoms with Gasteiger partial charge in [-0.25, -0.2) is 0 Å². The summed E-state index contributed by atoms with van der Waals surface area (Å²) in [5.41, 5.74) is 0. The minimum Gasteiger partial charge on any atom is -0.377 e. The third-order valence-electron chi connectivity index (χ3n) is 2.22. The van der Waals surface area contributed by atoms with Crippen LogP contribution in [-0.4, -0.2) is 37.7 Å². The summed E-state index contributed by atoms with van der Waals surface area (Å²) >= 11 is 0. The Labute approximate surface area is 76.9 Å². The minimum atomic E-state index is 0.352. The molecule has 2 nitrogen and oxygen atoms in total. The van der Waals surface area contributed by atoms with Gasteiger partial charge in [-0.3, -0.25) is 0 Å². The fourth-order valence-electron chi connectivity index (χ4n) is 1.58. The van der Waals surface area contributed by atoms with Gasteiger partial charge in [-0.15, -0.1) is 0 Å². The van der Waals surface area contributed by atoms with Crippen LogP contribution in [0.3, 0.4) is 0 Å². The van der Waals surface area contributed by atoms with E-state index in [0.29, 0.717) is 12.1 Å². The lowest BCUT2D eigenvalue weighted by atomic mass is 10.1. The van der Waals surface area contributed by atoms with Gasteiger partial charge in [0.15, 0.2) is 0 Å². The molecule has 0 rings (SSSR count). The van der Waals surface area contributed by atoms with Crippen molar-refractivity contribution in [1.82, 2.24) is 4.90 Å². The van der Waals surface area contributed by atoms with Crippen LogP contribution in [0.5, 0.6) is 0 Å². The zero-order valence-corrected chi connectivity index (χ0v) is 9.13. The van der Waals surface area contributed by atoms with Gasteiger partial charge in [0.1, 0.15) is 0 Å². The van der Waals surface area contributed by atoms with E-state index in [9.17, 15) is 0 Å². The van der Waals surface area contributed by atoms with Crippen LogP contribution in [-0.2, 0) is 4.74 Å². The van der Waals surface area contributed by atoms with Crippen LogP contribution in [0.4, 0.5) is 0 Å². The summed E-state index contributed by atoms with van der Waals surface area (Å²) in [6.45, 7) is 7.24. The number of rotatable bonds is 6. The molecule has 74 valence electrons. The Hall–Kier alpha value is -0.0800. The van der Waals surface area contributed by atoms with E-state index in [2.05, 4.69) is 39.8 Å². The molecule has 0 aromatic rings. The van der Waals surface area contributed by atoms with Gasteiger partial charge in [-0.1, -0.05) is 13.3 Å². The fraction of sp³-hybridized carbons (Fsp3) is 1.00. The van der Waals surface area contributed by atoms with E-state index >= 15 is 0 Å². The minimum absolute atomic E-state index is 0.352. The Bertz CT molecular complexity index is 104. The van der Waals surface area contributed by atoms with Crippen molar-refractivity contribution in [2.24, 2.45) is 0 Å². The Morgan fingerprint density at radius 1 is 1.25 bits per heavy atom. The maximum absolute atomic E-state index is 5.58. The molecule has 0 aliphatic heterocycles. The monoisotopic (exact) mass is 173 g/mol. The molecule has 2 heteroatoms. The van der Waals surface area contributed by atoms with Crippen molar-refractivity contribution in [2.45, 2.75) is 45.8 Å². The lowest BCUT2D eigenvalue weighted by molar-refractivity contribution is 0.0141. The second kappa shape index (κ2) is 6.44. The lowest BCUT2D eigenvalue weighted by Gasteiger charge is -2.29. The molecule has 0 aromatic carbocycles. The molecule has 0 saturated heterocycles. The van der Waals surface area contributed by atoms with Crippen molar-refractivity contribution < 1.29 is 4.74 Å². The van der Waals surface area contributed by atoms with Crippen LogP contribution in [0.15, 0.2) is 0 Å². The highest BCUT2D eigenvalue weighted by atomic mass is 16.5. The van der Waals surface area contributed by atoms with E-state index in [4.69, 9.17) is 4.74 Å². The van der Waals surface area contributed by atoms with Crippen molar-refractivity contribution in [3.8, 4) is 0 Å². The van der Waals surface area contributed by atoms with Crippen molar-refractivity contribution in [3.05, 3.63) is 0 Å². The summed E-state index contributed by atoms with van der Waals surface area (Å²) in [5, 5.41) is 0. The largest absolute Gasteiger partial charge is 0.377 e. The van der Waals surface area contributed by atoms with Gasteiger partial charge in [0, 0.05) is 12.6 Å². The molecule has 0 spiro atoms. The smallest absolute Gasteiger partial charge is 0.0701 e. The molecule has 0 bridgehead atoms. The Morgan fingerprint density at radius 3 is 2.17 bits per heavy atom. The number of hydrogen-bond acceptors (Lipinski definition) is 2. The highest BCUT2D eigenvalue weighted by Crippen LogP contribution is 2.10. The maximum atomic E-state index is 5.58. The van der Waals surface area contributed by atoms with Gasteiger partial charge >= 0.3 is 0 Å². The van der Waals surface area contributed by atoms with Gasteiger partial charge in [-0.2, -0.15) is 0 Å².